The first kappa shape index (κ1) is 14.2. The minimum Gasteiger partial charge on any atom is -0.497 e. The summed E-state index contributed by atoms with van der Waals surface area (Å²) >= 11 is 8.86. The lowest BCUT2D eigenvalue weighted by molar-refractivity contribution is -0.504. The van der Waals surface area contributed by atoms with E-state index in [0.29, 0.717) is 0 Å². The fourth-order valence-electron chi connectivity index (χ4n) is 2.08. The van der Waals surface area contributed by atoms with Crippen LogP contribution >= 0.6 is 15.9 Å². The van der Waals surface area contributed by atoms with Crippen LogP contribution in [-0.2, 0) is 12.4 Å². The highest BCUT2D eigenvalue weighted by molar-refractivity contribution is 9.10. The molecule has 2 rings (SSSR count). The summed E-state index contributed by atoms with van der Waals surface area (Å²) in [6, 6.07) is 16.3. The largest absolute Gasteiger partial charge is 0.497 e. The maximum absolute atomic E-state index is 5.36. The summed E-state index contributed by atoms with van der Waals surface area (Å²) in [6.45, 7) is 0. The van der Waals surface area contributed by atoms with Gasteiger partial charge < -0.3 is 4.74 Å². The highest BCUT2D eigenvalue weighted by atomic mass is 79.9. The zero-order chi connectivity index (χ0) is 13.8. The summed E-state index contributed by atoms with van der Waals surface area (Å²) < 4.78 is 8.04. The Morgan fingerprint density at radius 2 is 1.79 bits per heavy atom. The molecule has 0 N–H and O–H groups in total. The van der Waals surface area contributed by atoms with E-state index in [1.807, 2.05) is 43.4 Å². The molecule has 2 aromatic rings. The van der Waals surface area contributed by atoms with Crippen LogP contribution in [0.4, 0.5) is 0 Å². The predicted octanol–water partition coefficient (Wildman–Crippen LogP) is 3.92. The molecule has 2 aromatic carbocycles. The number of hydrogen-bond acceptors (Lipinski definition) is 2. The molecule has 0 radical (unpaired) electrons. The summed E-state index contributed by atoms with van der Waals surface area (Å²) in [5.41, 5.74) is 2.31. The van der Waals surface area contributed by atoms with Crippen LogP contribution in [0, 0.1) is 0 Å². The summed E-state index contributed by atoms with van der Waals surface area (Å²) in [7, 11) is 3.57. The maximum atomic E-state index is 5.36. The van der Waals surface area contributed by atoms with Gasteiger partial charge in [-0.1, -0.05) is 28.1 Å². The Bertz CT molecular complexity index is 583. The van der Waals surface area contributed by atoms with Gasteiger partial charge in [-0.2, -0.15) is 0 Å². The first-order chi connectivity index (χ1) is 9.11. The molecule has 0 saturated heterocycles. The number of ether oxygens (including phenoxy) is 1. The third-order valence-corrected chi connectivity index (χ3v) is 3.66. The molecular formula is C15H15BrNOS+. The van der Waals surface area contributed by atoms with Gasteiger partial charge in [0.25, 0.3) is 12.4 Å². The van der Waals surface area contributed by atoms with E-state index < -0.39 is 0 Å². The molecule has 98 valence electrons. The Balaban J connectivity index is 2.42. The Hall–Kier alpha value is -1.26. The van der Waals surface area contributed by atoms with Crippen molar-refractivity contribution in [2.75, 3.05) is 14.2 Å². The van der Waals surface area contributed by atoms with E-state index in [1.54, 1.807) is 11.1 Å². The molecule has 0 aromatic heterocycles. The second kappa shape index (κ2) is 6.26. The highest BCUT2D eigenvalue weighted by Crippen LogP contribution is 2.28. The number of hydrogen-bond donors (Lipinski definition) is 0. The molecule has 1 unspecified atom stereocenters. The van der Waals surface area contributed by atoms with Crippen molar-refractivity contribution in [2.24, 2.45) is 0 Å². The van der Waals surface area contributed by atoms with Gasteiger partial charge in [-0.25, -0.2) is 0 Å². The molecule has 4 heteroatoms. The summed E-state index contributed by atoms with van der Waals surface area (Å²) in [5, 5.41) is 0. The van der Waals surface area contributed by atoms with Crippen LogP contribution in [0.3, 0.4) is 0 Å². The van der Waals surface area contributed by atoms with E-state index in [1.165, 1.54) is 0 Å². The van der Waals surface area contributed by atoms with Gasteiger partial charge in [0.15, 0.2) is 0 Å². The fraction of sp³-hybridized carbons (Fsp3) is 0.200. The van der Waals surface area contributed by atoms with Gasteiger partial charge in [0.05, 0.1) is 7.11 Å². The molecule has 2 nitrogen and oxygen atoms in total. The van der Waals surface area contributed by atoms with Crippen LogP contribution in [-0.4, -0.2) is 18.1 Å². The second-order valence-electron chi connectivity index (χ2n) is 4.28. The fourth-order valence-corrected chi connectivity index (χ4v) is 2.74. The molecular weight excluding hydrogens is 322 g/mol. The summed E-state index contributed by atoms with van der Waals surface area (Å²) in [4.78, 5) is 0. The Labute approximate surface area is 127 Å². The quantitative estimate of drug-likeness (QED) is 0.784. The lowest BCUT2D eigenvalue weighted by atomic mass is 9.99. The van der Waals surface area contributed by atoms with Crippen molar-refractivity contribution >= 4 is 28.4 Å². The molecule has 0 aliphatic carbocycles. The first-order valence-electron chi connectivity index (χ1n) is 5.91. The smallest absolute Gasteiger partial charge is 0.264 e. The standard InChI is InChI=1S/C15H15BrNOS/c1-17(19)15(12-4-3-5-13(16)10-12)11-6-8-14(18-2)9-7-11/h3-10,15H,1-2H3/q+1. The van der Waals surface area contributed by atoms with Crippen molar-refractivity contribution in [3.63, 3.8) is 0 Å². The molecule has 0 heterocycles. The van der Waals surface area contributed by atoms with Crippen molar-refractivity contribution in [1.29, 1.82) is 0 Å². The average Bonchev–Trinajstić information content (AvgIpc) is 2.39. The third-order valence-electron chi connectivity index (χ3n) is 2.96. The minimum atomic E-state index is 0.0541. The number of halogens is 1. The van der Waals surface area contributed by atoms with Gasteiger partial charge in [0.2, 0.25) is 6.04 Å². The maximum Gasteiger partial charge on any atom is 0.264 e. The van der Waals surface area contributed by atoms with E-state index in [4.69, 9.17) is 17.2 Å². The molecule has 1 atom stereocenters. The SMILES string of the molecule is COc1ccc(C(c2cccc(Br)c2)[N+](C)=S)cc1. The number of rotatable bonds is 4. The predicted molar refractivity (Wildman–Crippen MR) is 82.5 cm³/mol. The van der Waals surface area contributed by atoms with Crippen molar-refractivity contribution in [1.82, 2.24) is 0 Å². The second-order valence-corrected chi connectivity index (χ2v) is 5.77. The van der Waals surface area contributed by atoms with Crippen molar-refractivity contribution in [3.05, 3.63) is 64.1 Å². The van der Waals surface area contributed by atoms with E-state index in [-0.39, 0.29) is 6.04 Å². The molecule has 0 spiro atoms. The van der Waals surface area contributed by atoms with E-state index in [2.05, 4.69) is 28.1 Å². The average molecular weight is 337 g/mol. The van der Waals surface area contributed by atoms with Gasteiger partial charge in [0.1, 0.15) is 12.8 Å². The Morgan fingerprint density at radius 3 is 2.32 bits per heavy atom. The minimum absolute atomic E-state index is 0.0541. The van der Waals surface area contributed by atoms with Gasteiger partial charge in [-0.15, -0.1) is 3.95 Å². The number of benzene rings is 2. The van der Waals surface area contributed by atoms with Gasteiger partial charge in [0, 0.05) is 15.6 Å². The lowest BCUT2D eigenvalue weighted by Crippen LogP contribution is -2.13. The van der Waals surface area contributed by atoms with Crippen LogP contribution in [0.2, 0.25) is 0 Å². The number of nitrogens with zero attached hydrogens (tertiary/aromatic N) is 1. The molecule has 0 bridgehead atoms. The zero-order valence-electron chi connectivity index (χ0n) is 10.8. The first-order valence-corrected chi connectivity index (χ1v) is 7.07. The third kappa shape index (κ3) is 3.39. The molecule has 19 heavy (non-hydrogen) atoms. The normalized spacial score (nSPS) is 11.9. The Morgan fingerprint density at radius 1 is 1.11 bits per heavy atom. The van der Waals surface area contributed by atoms with Gasteiger partial charge in [-0.05, 0) is 36.4 Å². The van der Waals surface area contributed by atoms with Crippen LogP contribution in [0.25, 0.3) is 0 Å². The highest BCUT2D eigenvalue weighted by Gasteiger charge is 2.22. The van der Waals surface area contributed by atoms with Crippen LogP contribution in [0.5, 0.6) is 5.75 Å². The zero-order valence-corrected chi connectivity index (χ0v) is 13.2. The van der Waals surface area contributed by atoms with Gasteiger partial charge in [-0.3, -0.25) is 0 Å². The molecule has 0 fully saturated rings. The molecule has 0 aliphatic rings. The monoisotopic (exact) mass is 336 g/mol. The molecule has 0 saturated carbocycles. The van der Waals surface area contributed by atoms with E-state index in [0.717, 1.165) is 21.3 Å². The lowest BCUT2D eigenvalue weighted by Gasteiger charge is -2.12. The Kier molecular flexibility index (Phi) is 4.66. The summed E-state index contributed by atoms with van der Waals surface area (Å²) in [6.07, 6.45) is 0. The van der Waals surface area contributed by atoms with E-state index in [9.17, 15) is 0 Å². The van der Waals surface area contributed by atoms with Crippen LogP contribution in [0.15, 0.2) is 53.0 Å². The topological polar surface area (TPSA) is 12.2 Å². The van der Waals surface area contributed by atoms with Gasteiger partial charge >= 0.3 is 0 Å². The molecule has 0 aliphatic heterocycles. The van der Waals surface area contributed by atoms with Crippen LogP contribution in [0.1, 0.15) is 17.2 Å². The van der Waals surface area contributed by atoms with Crippen molar-refractivity contribution in [3.8, 4) is 5.75 Å². The molecule has 0 amide bonds. The van der Waals surface area contributed by atoms with E-state index >= 15 is 0 Å². The summed E-state index contributed by atoms with van der Waals surface area (Å²) in [5.74, 6) is 0.851. The van der Waals surface area contributed by atoms with Crippen LogP contribution < -0.4 is 4.74 Å². The van der Waals surface area contributed by atoms with Crippen molar-refractivity contribution in [2.45, 2.75) is 6.04 Å². The van der Waals surface area contributed by atoms with Crippen molar-refractivity contribution < 1.29 is 8.68 Å². The number of methoxy groups -OCH3 is 1.